The first-order valence-corrected chi connectivity index (χ1v) is 15.2. The number of carbonyl (C=O) groups excluding carboxylic acids is 1. The van der Waals surface area contributed by atoms with Gasteiger partial charge in [-0.25, -0.2) is 4.39 Å². The minimum Gasteiger partial charge on any atom is -0.507 e. The molecule has 0 aromatic heterocycles. The van der Waals surface area contributed by atoms with Gasteiger partial charge in [-0.2, -0.15) is 0 Å². The molecule has 0 bridgehead atoms. The van der Waals surface area contributed by atoms with Gasteiger partial charge in [-0.3, -0.25) is 4.79 Å². The molecule has 0 radical (unpaired) electrons. The molecule has 2 aliphatic heterocycles. The highest BCUT2D eigenvalue weighted by Gasteiger charge is 2.49. The van der Waals surface area contributed by atoms with E-state index in [0.29, 0.717) is 35.1 Å². The van der Waals surface area contributed by atoms with Gasteiger partial charge >= 0.3 is 0 Å². The van der Waals surface area contributed by atoms with E-state index in [2.05, 4.69) is 0 Å². The van der Waals surface area contributed by atoms with Crippen molar-refractivity contribution in [2.45, 2.75) is 55.5 Å². The molecule has 10 heteroatoms. The van der Waals surface area contributed by atoms with E-state index in [0.717, 1.165) is 5.56 Å². The quantitative estimate of drug-likeness (QED) is 0.153. The Hall–Kier alpha value is -4.16. The van der Waals surface area contributed by atoms with Gasteiger partial charge in [0.2, 0.25) is 5.91 Å². The lowest BCUT2D eigenvalue weighted by Crippen LogP contribution is -2.55. The highest BCUT2D eigenvalue weighted by Crippen LogP contribution is 2.48. The van der Waals surface area contributed by atoms with Gasteiger partial charge in [0.1, 0.15) is 42.1 Å². The highest BCUT2D eigenvalue weighted by molar-refractivity contribution is 6.03. The summed E-state index contributed by atoms with van der Waals surface area (Å²) in [5.74, 6) is -1.40. The lowest BCUT2D eigenvalue weighted by atomic mass is 9.77. The topological polar surface area (TPSA) is 151 Å². The van der Waals surface area contributed by atoms with Gasteiger partial charge in [0.15, 0.2) is 0 Å². The van der Waals surface area contributed by atoms with E-state index in [-0.39, 0.29) is 17.3 Å². The second-order valence-electron chi connectivity index (χ2n) is 11.9. The van der Waals surface area contributed by atoms with Crippen LogP contribution in [0.1, 0.15) is 47.8 Å². The average Bonchev–Trinajstić information content (AvgIpc) is 3.07. The van der Waals surface area contributed by atoms with Crippen LogP contribution in [0.15, 0.2) is 97.1 Å². The Morgan fingerprint density at radius 3 is 2.17 bits per heavy atom. The molecule has 46 heavy (non-hydrogen) atoms. The fraction of sp³-hybridized carbons (Fsp3) is 0.306. The zero-order chi connectivity index (χ0) is 32.5. The molecular formula is C36H36FNO8. The van der Waals surface area contributed by atoms with Crippen molar-refractivity contribution in [1.29, 1.82) is 0 Å². The predicted octanol–water partition coefficient (Wildman–Crippen LogP) is 3.93. The maximum atomic E-state index is 14.9. The number of rotatable bonds is 9. The second-order valence-corrected chi connectivity index (χ2v) is 11.9. The Kier molecular flexibility index (Phi) is 9.19. The minimum atomic E-state index is -1.50. The molecule has 4 aromatic rings. The van der Waals surface area contributed by atoms with E-state index in [1.165, 1.54) is 11.0 Å². The first kappa shape index (κ1) is 31.8. The van der Waals surface area contributed by atoms with Crippen molar-refractivity contribution in [2.24, 2.45) is 5.92 Å². The van der Waals surface area contributed by atoms with Crippen LogP contribution in [0.5, 0.6) is 5.75 Å². The Bertz CT molecular complexity index is 1670. The number of hydrogen-bond donors (Lipinski definition) is 6. The SMILES string of the molecule is O=C1[C@H](CC[C@H](O)c2ccccc2)[C@@H](c2ccc(-c3ccc([C@@H]4O[C@H](CO)[C@@H](O)[C@H](O)[C@H]4O)cc3)c(O)c2)N1c1ccccc1F. The standard InChI is InChI=1S/C36H36FNO8/c37-26-8-4-5-9-27(26)38-31(25(36(38)45)16-17-28(40)21-6-2-1-3-7-21)23-14-15-24(29(41)18-23)20-10-12-22(13-11-20)35-34(44)33(43)32(42)30(19-39)46-35/h1-15,18,25,28,30-35,39-44H,16-17,19H2/t25-,28+,30-,31-,32-,33+,34-,35+/m1/s1. The fourth-order valence-corrected chi connectivity index (χ4v) is 6.51. The minimum absolute atomic E-state index is 0.0611. The number of aromatic hydroxyl groups is 1. The maximum absolute atomic E-state index is 14.9. The molecule has 2 fully saturated rings. The van der Waals surface area contributed by atoms with E-state index < -0.39 is 61.0 Å². The van der Waals surface area contributed by atoms with Gasteiger partial charge in [-0.05, 0) is 53.3 Å². The molecule has 240 valence electrons. The molecule has 9 nitrogen and oxygen atoms in total. The molecule has 0 spiro atoms. The van der Waals surface area contributed by atoms with Gasteiger partial charge in [-0.15, -0.1) is 0 Å². The van der Waals surface area contributed by atoms with Crippen molar-refractivity contribution >= 4 is 11.6 Å². The third-order valence-corrected chi connectivity index (χ3v) is 9.07. The normalized spacial score (nSPS) is 26.9. The summed E-state index contributed by atoms with van der Waals surface area (Å²) in [5, 5.41) is 62.2. The van der Waals surface area contributed by atoms with E-state index in [4.69, 9.17) is 4.74 Å². The molecule has 0 unspecified atom stereocenters. The monoisotopic (exact) mass is 629 g/mol. The van der Waals surface area contributed by atoms with E-state index in [1.807, 2.05) is 30.3 Å². The number of anilines is 1. The van der Waals surface area contributed by atoms with Crippen molar-refractivity contribution in [1.82, 2.24) is 0 Å². The number of phenols is 1. The number of carbonyl (C=O) groups is 1. The van der Waals surface area contributed by atoms with Crippen LogP contribution in [0, 0.1) is 11.7 Å². The predicted molar refractivity (Wildman–Crippen MR) is 167 cm³/mol. The molecule has 8 atom stereocenters. The summed E-state index contributed by atoms with van der Waals surface area (Å²) in [4.78, 5) is 14.8. The van der Waals surface area contributed by atoms with Crippen LogP contribution < -0.4 is 4.90 Å². The van der Waals surface area contributed by atoms with Gasteiger partial charge < -0.3 is 40.3 Å². The zero-order valence-electron chi connectivity index (χ0n) is 24.8. The van der Waals surface area contributed by atoms with E-state index in [1.54, 1.807) is 60.7 Å². The summed E-state index contributed by atoms with van der Waals surface area (Å²) in [5.41, 5.74) is 3.13. The third-order valence-electron chi connectivity index (χ3n) is 9.07. The molecule has 0 saturated carbocycles. The lowest BCUT2D eigenvalue weighted by molar-refractivity contribution is -0.231. The number of amides is 1. The van der Waals surface area contributed by atoms with E-state index >= 15 is 0 Å². The summed E-state index contributed by atoms with van der Waals surface area (Å²) in [6, 6.07) is 26.4. The van der Waals surface area contributed by atoms with Crippen LogP contribution >= 0.6 is 0 Å². The van der Waals surface area contributed by atoms with Crippen molar-refractivity contribution in [3.63, 3.8) is 0 Å². The van der Waals surface area contributed by atoms with Crippen molar-refractivity contribution in [2.75, 3.05) is 11.5 Å². The number of nitrogens with zero attached hydrogens (tertiary/aromatic N) is 1. The van der Waals surface area contributed by atoms with Gasteiger partial charge in [-0.1, -0.05) is 78.9 Å². The van der Waals surface area contributed by atoms with Gasteiger partial charge in [0.05, 0.1) is 30.4 Å². The Morgan fingerprint density at radius 2 is 1.50 bits per heavy atom. The first-order valence-electron chi connectivity index (χ1n) is 15.2. The largest absolute Gasteiger partial charge is 0.507 e. The van der Waals surface area contributed by atoms with Gasteiger partial charge in [0.25, 0.3) is 0 Å². The van der Waals surface area contributed by atoms with Crippen LogP contribution in [0.2, 0.25) is 0 Å². The second kappa shape index (κ2) is 13.3. The summed E-state index contributed by atoms with van der Waals surface area (Å²) in [6.45, 7) is -0.533. The van der Waals surface area contributed by atoms with Crippen molar-refractivity contribution in [3.8, 4) is 16.9 Å². The molecule has 1 amide bonds. The molecule has 6 N–H and O–H groups in total. The third kappa shape index (κ3) is 5.91. The Morgan fingerprint density at radius 1 is 0.826 bits per heavy atom. The number of halogens is 1. The zero-order valence-corrected chi connectivity index (χ0v) is 24.8. The summed E-state index contributed by atoms with van der Waals surface area (Å²) >= 11 is 0. The molecule has 0 aliphatic carbocycles. The number of ether oxygens (including phenoxy) is 1. The van der Waals surface area contributed by atoms with Gasteiger partial charge in [0, 0.05) is 5.56 Å². The smallest absolute Gasteiger partial charge is 0.233 e. The molecule has 2 aliphatic rings. The molecule has 4 aromatic carbocycles. The molecule has 2 heterocycles. The van der Waals surface area contributed by atoms with Crippen LogP contribution in [0.4, 0.5) is 10.1 Å². The fourth-order valence-electron chi connectivity index (χ4n) is 6.51. The van der Waals surface area contributed by atoms with Crippen molar-refractivity contribution < 1.29 is 44.6 Å². The average molecular weight is 630 g/mol. The molecular weight excluding hydrogens is 593 g/mol. The first-order chi connectivity index (χ1) is 22.2. The summed E-state index contributed by atoms with van der Waals surface area (Å²) in [6.07, 6.45) is -6.48. The van der Waals surface area contributed by atoms with Crippen LogP contribution in [-0.2, 0) is 9.53 Å². The van der Waals surface area contributed by atoms with Crippen LogP contribution in [-0.4, -0.2) is 67.6 Å². The lowest BCUT2D eigenvalue weighted by Gasteiger charge is -2.48. The summed E-state index contributed by atoms with van der Waals surface area (Å²) in [7, 11) is 0. The number of para-hydroxylation sites is 1. The Balaban J connectivity index is 1.25. The molecule has 6 rings (SSSR count). The number of phenolic OH excluding ortho intramolecular Hbond substituents is 1. The number of β-lactam (4-membered cyclic amide) rings is 1. The van der Waals surface area contributed by atoms with E-state index in [9.17, 15) is 39.8 Å². The number of hydrogen-bond acceptors (Lipinski definition) is 8. The van der Waals surface area contributed by atoms with Crippen molar-refractivity contribution in [3.05, 3.63) is 120 Å². The summed E-state index contributed by atoms with van der Waals surface area (Å²) < 4.78 is 20.5. The molecule has 2 saturated heterocycles. The number of aliphatic hydroxyl groups excluding tert-OH is 5. The van der Waals surface area contributed by atoms with Crippen LogP contribution in [0.3, 0.4) is 0 Å². The number of aliphatic hydroxyl groups is 5. The Labute approximate surface area is 265 Å². The highest BCUT2D eigenvalue weighted by atomic mass is 19.1. The van der Waals surface area contributed by atoms with Crippen LogP contribution in [0.25, 0.3) is 11.1 Å². The number of benzene rings is 4. The maximum Gasteiger partial charge on any atom is 0.233 e.